The molecule has 15 heteroatoms. The van der Waals surface area contributed by atoms with E-state index in [4.69, 9.17) is 10.5 Å². The number of aliphatic hydroxyl groups excluding tert-OH is 1. The molecule has 2 fully saturated rings. The number of aromatic hydroxyl groups is 1. The van der Waals surface area contributed by atoms with Crippen molar-refractivity contribution in [1.82, 2.24) is 35.6 Å². The fourth-order valence-electron chi connectivity index (χ4n) is 7.13. The van der Waals surface area contributed by atoms with Crippen LogP contribution in [-0.2, 0) is 20.9 Å². The van der Waals surface area contributed by atoms with Crippen LogP contribution in [0.15, 0.2) is 72.4 Å². The lowest BCUT2D eigenvalue weighted by Gasteiger charge is -2.36. The summed E-state index contributed by atoms with van der Waals surface area (Å²) in [4.78, 5) is 38.8. The fraction of sp³-hybridized carbons (Fsp3) is 0.439. The number of nitrogen functional groups attached to an aromatic ring is 1. The number of hydrogen-bond acceptors (Lipinski definition) is 13. The van der Waals surface area contributed by atoms with Crippen LogP contribution in [0.3, 0.4) is 0 Å². The van der Waals surface area contributed by atoms with E-state index in [0.717, 1.165) is 40.5 Å². The van der Waals surface area contributed by atoms with Gasteiger partial charge >= 0.3 is 0 Å². The third kappa shape index (κ3) is 9.82. The number of hydrogen-bond donors (Lipinski definition) is 5. The van der Waals surface area contributed by atoms with Crippen molar-refractivity contribution in [2.24, 2.45) is 5.41 Å². The molecule has 2 saturated heterocycles. The Hall–Kier alpha value is -5.09. The Bertz CT molecular complexity index is 1990. The lowest BCUT2D eigenvalue weighted by Crippen LogP contribution is -2.57. The van der Waals surface area contributed by atoms with E-state index in [9.17, 15) is 19.8 Å². The molecule has 4 aromatic rings. The predicted molar refractivity (Wildman–Crippen MR) is 219 cm³/mol. The number of carbonyl (C=O) groups is 2. The van der Waals surface area contributed by atoms with Gasteiger partial charge in [0, 0.05) is 63.5 Å². The summed E-state index contributed by atoms with van der Waals surface area (Å²) < 4.78 is 5.79. The van der Waals surface area contributed by atoms with Crippen molar-refractivity contribution in [3.05, 3.63) is 83.6 Å². The first-order valence-electron chi connectivity index (χ1n) is 18.9. The molecule has 56 heavy (non-hydrogen) atoms. The summed E-state index contributed by atoms with van der Waals surface area (Å²) in [6.07, 6.45) is -0.346. The van der Waals surface area contributed by atoms with E-state index < -0.39 is 23.6 Å². The minimum atomic E-state index is -0.837. The summed E-state index contributed by atoms with van der Waals surface area (Å²) in [6.45, 7) is 16.4. The first-order valence-corrected chi connectivity index (χ1v) is 19.8. The molecule has 0 spiro atoms. The molecule has 6 N–H and O–H groups in total. The van der Waals surface area contributed by atoms with E-state index in [1.165, 1.54) is 0 Å². The van der Waals surface area contributed by atoms with Gasteiger partial charge in [-0.2, -0.15) is 0 Å². The number of nitrogens with two attached hydrogens (primary N) is 1. The molecule has 6 rings (SSSR count). The molecule has 0 unspecified atom stereocenters. The number of ether oxygens (including phenoxy) is 1. The summed E-state index contributed by atoms with van der Waals surface area (Å²) in [5, 5.41) is 35.6. The van der Waals surface area contributed by atoms with Gasteiger partial charge in [-0.3, -0.25) is 14.5 Å². The topological polar surface area (TPSA) is 182 Å². The van der Waals surface area contributed by atoms with Gasteiger partial charge in [-0.25, -0.2) is 4.98 Å². The number of benzene rings is 2. The molecule has 2 aliphatic heterocycles. The molecule has 0 aliphatic carbocycles. The number of β-amino-alcohol motifs (C(OH)–C–C–N with tert-alkyl or cyclic N) is 1. The van der Waals surface area contributed by atoms with Crippen LogP contribution < -0.4 is 21.3 Å². The first kappa shape index (κ1) is 40.6. The fourth-order valence-corrected chi connectivity index (χ4v) is 7.94. The monoisotopic (exact) mass is 783 g/mol. The van der Waals surface area contributed by atoms with Gasteiger partial charge < -0.3 is 41.1 Å². The molecule has 2 amide bonds. The van der Waals surface area contributed by atoms with E-state index in [1.54, 1.807) is 34.4 Å². The van der Waals surface area contributed by atoms with Crippen LogP contribution in [0.5, 0.6) is 5.75 Å². The highest BCUT2D eigenvalue weighted by molar-refractivity contribution is 7.13. The molecule has 3 atom stereocenters. The maximum Gasteiger partial charge on any atom is 0.246 e. The van der Waals surface area contributed by atoms with Crippen molar-refractivity contribution in [3.8, 4) is 27.4 Å². The smallest absolute Gasteiger partial charge is 0.246 e. The summed E-state index contributed by atoms with van der Waals surface area (Å²) in [6, 6.07) is 15.8. The minimum absolute atomic E-state index is 0.128. The van der Waals surface area contributed by atoms with E-state index in [-0.39, 0.29) is 30.7 Å². The normalized spacial score (nSPS) is 18.2. The van der Waals surface area contributed by atoms with Crippen molar-refractivity contribution in [2.45, 2.75) is 58.8 Å². The number of nitrogens with zero attached hydrogens (tertiary/aromatic N) is 6. The van der Waals surface area contributed by atoms with Crippen LogP contribution in [0.1, 0.15) is 38.4 Å². The number of anilines is 2. The summed E-state index contributed by atoms with van der Waals surface area (Å²) in [7, 11) is 0. The highest BCUT2D eigenvalue weighted by Crippen LogP contribution is 2.32. The highest BCUT2D eigenvalue weighted by atomic mass is 32.1. The Morgan fingerprint density at radius 3 is 2.50 bits per heavy atom. The number of phenols is 1. The van der Waals surface area contributed by atoms with Crippen LogP contribution in [0.4, 0.5) is 11.5 Å². The molecule has 2 aromatic carbocycles. The van der Waals surface area contributed by atoms with Crippen molar-refractivity contribution in [1.29, 1.82) is 0 Å². The van der Waals surface area contributed by atoms with Crippen molar-refractivity contribution >= 4 is 34.7 Å². The number of para-hydroxylation sites is 1. The number of nitrogens with one attached hydrogen (secondary N) is 2. The van der Waals surface area contributed by atoms with Gasteiger partial charge in [0.15, 0.2) is 5.82 Å². The molecular formula is C41H53N9O5S. The molecule has 298 valence electrons. The number of likely N-dealkylation sites (tertiary alicyclic amines) is 1. The van der Waals surface area contributed by atoms with Crippen LogP contribution in [-0.4, -0.2) is 118 Å². The average molecular weight is 784 g/mol. The third-order valence-corrected chi connectivity index (χ3v) is 11.3. The van der Waals surface area contributed by atoms with Gasteiger partial charge in [0.05, 0.1) is 46.2 Å². The van der Waals surface area contributed by atoms with Gasteiger partial charge in [-0.15, -0.1) is 21.5 Å². The number of aryl methyl sites for hydroxylation is 1. The Morgan fingerprint density at radius 2 is 1.82 bits per heavy atom. The average Bonchev–Trinajstić information content (AvgIpc) is 3.80. The molecule has 2 aromatic heterocycles. The molecular weight excluding hydrogens is 731 g/mol. The number of phenolic OH excluding ortho intramolecular Hbond substituents is 1. The molecule has 14 nitrogen and oxygen atoms in total. The van der Waals surface area contributed by atoms with Gasteiger partial charge in [0.2, 0.25) is 11.8 Å². The SMILES string of the molecule is C=C(NCc1ccc(-c2scnc2C)cc1)[C@@H]1C[C@@H](O)CN1C(=O)[C@@H](NC(=O)COCCN1CCN(c2cc(-c3ccccc3O)nnc2N)CC1)C(C)(C)C. The maximum absolute atomic E-state index is 14.1. The van der Waals surface area contributed by atoms with E-state index in [0.29, 0.717) is 62.0 Å². The Labute approximate surface area is 332 Å². The van der Waals surface area contributed by atoms with Crippen LogP contribution in [0.25, 0.3) is 21.7 Å². The standard InChI is InChI=1S/C41H53N9O5S/c1-26(43-22-28-10-12-29(13-11-28)37-27(2)44-25-56-37)33-20-30(51)23-50(33)40(54)38(41(3,4)5)45-36(53)24-55-19-18-48-14-16-49(17-15-48)34-21-32(46-47-39(34)42)31-8-6-7-9-35(31)52/h6-13,21,25,30,33,38,43,51-52H,1,14-20,22-24H2,2-5H3,(H2,42,47)(H,45,53)/t30-,33+,38-/m1/s1. The van der Waals surface area contributed by atoms with Gasteiger partial charge in [0.1, 0.15) is 18.4 Å². The van der Waals surface area contributed by atoms with E-state index in [2.05, 4.69) is 66.5 Å². The predicted octanol–water partition coefficient (Wildman–Crippen LogP) is 3.80. The van der Waals surface area contributed by atoms with Crippen LogP contribution in [0.2, 0.25) is 0 Å². The van der Waals surface area contributed by atoms with E-state index >= 15 is 0 Å². The lowest BCUT2D eigenvalue weighted by atomic mass is 9.85. The molecule has 0 bridgehead atoms. The summed E-state index contributed by atoms with van der Waals surface area (Å²) in [5.41, 5.74) is 13.2. The molecule has 2 aliphatic rings. The van der Waals surface area contributed by atoms with Gasteiger partial charge in [-0.05, 0) is 41.7 Å². The first-order chi connectivity index (χ1) is 26.8. The van der Waals surface area contributed by atoms with Gasteiger partial charge in [-0.1, -0.05) is 63.7 Å². The zero-order valence-electron chi connectivity index (χ0n) is 32.6. The number of carbonyl (C=O) groups excluding carboxylic acids is 2. The molecule has 4 heterocycles. The second kappa shape index (κ2) is 17.8. The van der Waals surface area contributed by atoms with E-state index in [1.807, 2.05) is 45.3 Å². The van der Waals surface area contributed by atoms with Crippen molar-refractivity contribution in [3.63, 3.8) is 0 Å². The Balaban J connectivity index is 0.959. The van der Waals surface area contributed by atoms with Crippen molar-refractivity contribution < 1.29 is 24.5 Å². The second-order valence-corrected chi connectivity index (χ2v) is 16.4. The number of aromatic nitrogens is 3. The quantitative estimate of drug-likeness (QED) is 0.117. The number of piperazine rings is 1. The number of thiazole rings is 1. The van der Waals surface area contributed by atoms with Crippen molar-refractivity contribution in [2.75, 3.05) is 63.1 Å². The number of rotatable bonds is 14. The van der Waals surface area contributed by atoms with Crippen LogP contribution >= 0.6 is 11.3 Å². The number of aliphatic hydroxyl groups is 1. The zero-order valence-corrected chi connectivity index (χ0v) is 33.4. The minimum Gasteiger partial charge on any atom is -0.507 e. The second-order valence-electron chi connectivity index (χ2n) is 15.5. The zero-order chi connectivity index (χ0) is 40.0. The van der Waals surface area contributed by atoms with Crippen LogP contribution in [0, 0.1) is 12.3 Å². The Kier molecular flexibility index (Phi) is 12.9. The highest BCUT2D eigenvalue weighted by Gasteiger charge is 2.43. The van der Waals surface area contributed by atoms with Gasteiger partial charge in [0.25, 0.3) is 0 Å². The molecule has 0 radical (unpaired) electrons. The lowest BCUT2D eigenvalue weighted by molar-refractivity contribution is -0.141. The number of amides is 2. The molecule has 0 saturated carbocycles. The summed E-state index contributed by atoms with van der Waals surface area (Å²) >= 11 is 1.61. The summed E-state index contributed by atoms with van der Waals surface area (Å²) in [5.74, 6) is -0.190. The Morgan fingerprint density at radius 1 is 1.09 bits per heavy atom. The maximum atomic E-state index is 14.1. The third-order valence-electron chi connectivity index (χ3n) is 10.3. The largest absolute Gasteiger partial charge is 0.507 e.